The molecule has 0 radical (unpaired) electrons. The maximum atomic E-state index is 12.2. The van der Waals surface area contributed by atoms with Gasteiger partial charge in [0.1, 0.15) is 0 Å². The van der Waals surface area contributed by atoms with Crippen LogP contribution in [0.5, 0.6) is 0 Å². The van der Waals surface area contributed by atoms with E-state index in [1.807, 2.05) is 19.1 Å². The third-order valence-corrected chi connectivity index (χ3v) is 4.26. The summed E-state index contributed by atoms with van der Waals surface area (Å²) >= 11 is 0. The first-order valence-electron chi connectivity index (χ1n) is 7.64. The van der Waals surface area contributed by atoms with E-state index >= 15 is 0 Å². The monoisotopic (exact) mass is 287 g/mol. The fraction of sp³-hybridized carbons (Fsp3) is 0.562. The van der Waals surface area contributed by atoms with Crippen LogP contribution in [-0.4, -0.2) is 34.8 Å². The first-order valence-corrected chi connectivity index (χ1v) is 7.64. The SMILES string of the molecule is Cc1cccnc1[C@H](NC(=O)CN1CCCC1=O)C1CC1. The fourth-order valence-electron chi connectivity index (χ4n) is 2.93. The van der Waals surface area contributed by atoms with Gasteiger partial charge < -0.3 is 10.2 Å². The molecule has 2 heterocycles. The number of nitrogens with one attached hydrogen (secondary N) is 1. The van der Waals surface area contributed by atoms with E-state index in [4.69, 9.17) is 0 Å². The van der Waals surface area contributed by atoms with Crippen molar-refractivity contribution in [1.82, 2.24) is 15.2 Å². The number of aromatic nitrogens is 1. The van der Waals surface area contributed by atoms with E-state index in [0.717, 1.165) is 30.5 Å². The van der Waals surface area contributed by atoms with Crippen molar-refractivity contribution in [1.29, 1.82) is 0 Å². The zero-order chi connectivity index (χ0) is 14.8. The van der Waals surface area contributed by atoms with Gasteiger partial charge >= 0.3 is 0 Å². The van der Waals surface area contributed by atoms with E-state index in [1.165, 1.54) is 0 Å². The number of aryl methyl sites for hydroxylation is 1. The number of nitrogens with zero attached hydrogens (tertiary/aromatic N) is 2. The molecule has 21 heavy (non-hydrogen) atoms. The summed E-state index contributed by atoms with van der Waals surface area (Å²) in [6.07, 6.45) is 5.46. The van der Waals surface area contributed by atoms with Gasteiger partial charge in [0.05, 0.1) is 18.3 Å². The van der Waals surface area contributed by atoms with Crippen LogP contribution in [0.3, 0.4) is 0 Å². The highest BCUT2D eigenvalue weighted by Gasteiger charge is 2.35. The molecule has 1 aromatic rings. The third kappa shape index (κ3) is 3.23. The highest BCUT2D eigenvalue weighted by molar-refractivity contribution is 5.86. The summed E-state index contributed by atoms with van der Waals surface area (Å²) < 4.78 is 0. The van der Waals surface area contributed by atoms with Crippen LogP contribution in [0.15, 0.2) is 18.3 Å². The Morgan fingerprint density at radius 3 is 2.95 bits per heavy atom. The topological polar surface area (TPSA) is 62.3 Å². The summed E-state index contributed by atoms with van der Waals surface area (Å²) in [5.74, 6) is 0.492. The summed E-state index contributed by atoms with van der Waals surface area (Å²) in [5, 5.41) is 3.09. The molecular weight excluding hydrogens is 266 g/mol. The Hall–Kier alpha value is -1.91. The Balaban J connectivity index is 1.67. The number of likely N-dealkylation sites (tertiary alicyclic amines) is 1. The molecule has 5 heteroatoms. The van der Waals surface area contributed by atoms with Crippen LogP contribution >= 0.6 is 0 Å². The van der Waals surface area contributed by atoms with Gasteiger partial charge in [-0.2, -0.15) is 0 Å². The van der Waals surface area contributed by atoms with Gasteiger partial charge in [-0.25, -0.2) is 0 Å². The minimum Gasteiger partial charge on any atom is -0.346 e. The summed E-state index contributed by atoms with van der Waals surface area (Å²) in [4.78, 5) is 29.9. The lowest BCUT2D eigenvalue weighted by atomic mass is 10.0. The average Bonchev–Trinajstić information content (AvgIpc) is 3.22. The van der Waals surface area contributed by atoms with Gasteiger partial charge in [0.15, 0.2) is 0 Å². The second-order valence-corrected chi connectivity index (χ2v) is 6.01. The van der Waals surface area contributed by atoms with Crippen molar-refractivity contribution in [3.05, 3.63) is 29.6 Å². The number of pyridine rings is 1. The smallest absolute Gasteiger partial charge is 0.240 e. The molecule has 1 aromatic heterocycles. The Kier molecular flexibility index (Phi) is 3.90. The van der Waals surface area contributed by atoms with E-state index in [0.29, 0.717) is 18.9 Å². The van der Waals surface area contributed by atoms with Gasteiger partial charge in [-0.05, 0) is 43.7 Å². The highest BCUT2D eigenvalue weighted by atomic mass is 16.2. The minimum atomic E-state index is -0.0767. The maximum Gasteiger partial charge on any atom is 0.240 e. The number of hydrogen-bond donors (Lipinski definition) is 1. The molecule has 0 bridgehead atoms. The second-order valence-electron chi connectivity index (χ2n) is 6.01. The molecule has 2 aliphatic rings. The molecular formula is C16H21N3O2. The number of carbonyl (C=O) groups is 2. The lowest BCUT2D eigenvalue weighted by molar-refractivity contribution is -0.133. The molecule has 0 unspecified atom stereocenters. The zero-order valence-electron chi connectivity index (χ0n) is 12.3. The Morgan fingerprint density at radius 1 is 1.52 bits per heavy atom. The lowest BCUT2D eigenvalue weighted by Gasteiger charge is -2.22. The quantitative estimate of drug-likeness (QED) is 0.894. The van der Waals surface area contributed by atoms with Crippen molar-refractivity contribution in [2.45, 2.75) is 38.6 Å². The lowest BCUT2D eigenvalue weighted by Crippen LogP contribution is -2.40. The molecule has 1 aliphatic carbocycles. The molecule has 1 N–H and O–H groups in total. The molecule has 5 nitrogen and oxygen atoms in total. The van der Waals surface area contributed by atoms with Crippen molar-refractivity contribution < 1.29 is 9.59 Å². The number of hydrogen-bond acceptors (Lipinski definition) is 3. The van der Waals surface area contributed by atoms with Crippen LogP contribution in [0, 0.1) is 12.8 Å². The maximum absolute atomic E-state index is 12.2. The molecule has 3 rings (SSSR count). The predicted octanol–water partition coefficient (Wildman–Crippen LogP) is 1.58. The molecule has 0 aromatic carbocycles. The Morgan fingerprint density at radius 2 is 2.33 bits per heavy atom. The van der Waals surface area contributed by atoms with E-state index < -0.39 is 0 Å². The summed E-state index contributed by atoms with van der Waals surface area (Å²) in [5.41, 5.74) is 2.06. The van der Waals surface area contributed by atoms with Crippen LogP contribution in [0.2, 0.25) is 0 Å². The van der Waals surface area contributed by atoms with E-state index in [2.05, 4.69) is 10.3 Å². The van der Waals surface area contributed by atoms with Gasteiger partial charge in [-0.15, -0.1) is 0 Å². The molecule has 112 valence electrons. The molecule has 2 amide bonds. The molecule has 2 fully saturated rings. The molecule has 1 saturated heterocycles. The van der Waals surface area contributed by atoms with E-state index in [9.17, 15) is 9.59 Å². The van der Waals surface area contributed by atoms with Crippen LogP contribution < -0.4 is 5.32 Å². The summed E-state index contributed by atoms with van der Waals surface area (Å²) in [7, 11) is 0. The van der Waals surface area contributed by atoms with Crippen molar-refractivity contribution in [2.24, 2.45) is 5.92 Å². The van der Waals surface area contributed by atoms with Gasteiger partial charge in [0.25, 0.3) is 0 Å². The van der Waals surface area contributed by atoms with Gasteiger partial charge in [-0.3, -0.25) is 14.6 Å². The predicted molar refractivity (Wildman–Crippen MR) is 78.4 cm³/mol. The standard InChI is InChI=1S/C16H21N3O2/c1-11-4-2-8-17-15(11)16(12-6-7-12)18-13(20)10-19-9-3-5-14(19)21/h2,4,8,12,16H,3,5-7,9-10H2,1H3,(H,18,20)/t16-/m1/s1. The van der Waals surface area contributed by atoms with Crippen molar-refractivity contribution >= 4 is 11.8 Å². The fourth-order valence-corrected chi connectivity index (χ4v) is 2.93. The van der Waals surface area contributed by atoms with Gasteiger partial charge in [0.2, 0.25) is 11.8 Å². The first kappa shape index (κ1) is 14.0. The third-order valence-electron chi connectivity index (χ3n) is 4.26. The zero-order valence-corrected chi connectivity index (χ0v) is 12.3. The Bertz CT molecular complexity index is 554. The van der Waals surface area contributed by atoms with Crippen LogP contribution in [0.4, 0.5) is 0 Å². The van der Waals surface area contributed by atoms with Gasteiger partial charge in [-0.1, -0.05) is 6.07 Å². The summed E-state index contributed by atoms with van der Waals surface area (Å²) in [6, 6.07) is 3.91. The van der Waals surface area contributed by atoms with Crippen molar-refractivity contribution in [3.8, 4) is 0 Å². The normalized spacial score (nSPS) is 19.7. The number of amides is 2. The van der Waals surface area contributed by atoms with Crippen LogP contribution in [-0.2, 0) is 9.59 Å². The van der Waals surface area contributed by atoms with Gasteiger partial charge in [0, 0.05) is 19.2 Å². The van der Waals surface area contributed by atoms with Crippen LogP contribution in [0.1, 0.15) is 43.0 Å². The van der Waals surface area contributed by atoms with E-state index in [-0.39, 0.29) is 24.4 Å². The second kappa shape index (κ2) is 5.84. The van der Waals surface area contributed by atoms with E-state index in [1.54, 1.807) is 11.1 Å². The molecule has 1 atom stereocenters. The highest BCUT2D eigenvalue weighted by Crippen LogP contribution is 2.41. The largest absolute Gasteiger partial charge is 0.346 e. The van der Waals surface area contributed by atoms with Crippen molar-refractivity contribution in [2.75, 3.05) is 13.1 Å². The Labute approximate surface area is 124 Å². The van der Waals surface area contributed by atoms with Crippen LogP contribution in [0.25, 0.3) is 0 Å². The molecule has 1 saturated carbocycles. The first-order chi connectivity index (χ1) is 10.1. The van der Waals surface area contributed by atoms with Crippen molar-refractivity contribution in [3.63, 3.8) is 0 Å². The number of rotatable bonds is 5. The minimum absolute atomic E-state index is 0.0172. The molecule has 1 aliphatic heterocycles. The molecule has 0 spiro atoms. The summed E-state index contributed by atoms with van der Waals surface area (Å²) in [6.45, 7) is 2.89. The number of carbonyl (C=O) groups excluding carboxylic acids is 2. The average molecular weight is 287 g/mol.